The molecule has 1 aromatic heterocycles. The molecule has 42 heavy (non-hydrogen) atoms. The van der Waals surface area contributed by atoms with Crippen LogP contribution in [-0.2, 0) is 4.74 Å². The number of fused-ring (bicyclic) bond motifs is 1. The van der Waals surface area contributed by atoms with E-state index in [1.54, 1.807) is 21.3 Å². The number of rotatable bonds is 8. The van der Waals surface area contributed by atoms with E-state index in [0.717, 1.165) is 47.2 Å². The number of ether oxygens (including phenoxy) is 4. The minimum Gasteiger partial charge on any atom is -0.497 e. The predicted molar refractivity (Wildman–Crippen MR) is 164 cm³/mol. The van der Waals surface area contributed by atoms with Crippen LogP contribution in [0.25, 0.3) is 22.0 Å². The van der Waals surface area contributed by atoms with Gasteiger partial charge in [-0.05, 0) is 75.6 Å². The Morgan fingerprint density at radius 2 is 1.57 bits per heavy atom. The molecule has 1 heterocycles. The maximum atomic E-state index is 12.7. The second kappa shape index (κ2) is 12.6. The topological polar surface area (TPSA) is 104 Å². The van der Waals surface area contributed by atoms with Gasteiger partial charge in [-0.15, -0.1) is 0 Å². The smallest absolute Gasteiger partial charge is 0.407 e. The standard InChI is InChI=1S/C33H44N4O5/c1-33(2,3)42-32(38)37-27-12-11-21(20-9-7-8-10-20)16-29(27)36-31-34-19-23-15-26(30(41-6)18-28(23)35-31)22-13-24(39-4)17-25(14-22)40-5/h13-15,17-21,27,29H,7-12,16H2,1-6H3,(H,37,38)(H,34,35,36). The van der Waals surface area contributed by atoms with Crippen LogP contribution in [-0.4, -0.2) is 55.1 Å². The predicted octanol–water partition coefficient (Wildman–Crippen LogP) is 6.99. The van der Waals surface area contributed by atoms with E-state index in [1.165, 1.54) is 25.7 Å². The molecule has 0 saturated heterocycles. The molecule has 2 aromatic carbocycles. The number of carbonyl (C=O) groups is 1. The average Bonchev–Trinajstić information content (AvgIpc) is 3.51. The minimum absolute atomic E-state index is 0.000245. The van der Waals surface area contributed by atoms with Crippen LogP contribution < -0.4 is 24.8 Å². The summed E-state index contributed by atoms with van der Waals surface area (Å²) in [6, 6.07) is 9.62. The quantitative estimate of drug-likeness (QED) is 0.296. The Morgan fingerprint density at radius 3 is 2.21 bits per heavy atom. The molecule has 0 bridgehead atoms. The van der Waals surface area contributed by atoms with Gasteiger partial charge in [-0.3, -0.25) is 0 Å². The number of hydrogen-bond donors (Lipinski definition) is 2. The third-order valence-corrected chi connectivity index (χ3v) is 8.54. The number of benzene rings is 2. The molecule has 226 valence electrons. The molecule has 2 fully saturated rings. The van der Waals surface area contributed by atoms with Gasteiger partial charge >= 0.3 is 6.09 Å². The SMILES string of the molecule is COc1cc(OC)cc(-c2cc3cnc(NC4CC(C5CCCC5)CCC4NC(=O)OC(C)(C)C)nc3cc2OC)c1. The van der Waals surface area contributed by atoms with Crippen molar-refractivity contribution in [2.75, 3.05) is 26.6 Å². The van der Waals surface area contributed by atoms with Crippen LogP contribution in [0.4, 0.5) is 10.7 Å². The average molecular weight is 577 g/mol. The lowest BCUT2D eigenvalue weighted by molar-refractivity contribution is 0.0475. The number of carbonyl (C=O) groups excluding carboxylic acids is 1. The lowest BCUT2D eigenvalue weighted by Crippen LogP contribution is -2.52. The molecule has 3 unspecified atom stereocenters. The van der Waals surface area contributed by atoms with Crippen LogP contribution in [0.5, 0.6) is 17.2 Å². The lowest BCUT2D eigenvalue weighted by Gasteiger charge is -2.39. The van der Waals surface area contributed by atoms with E-state index in [2.05, 4.69) is 10.6 Å². The number of nitrogens with one attached hydrogen (secondary N) is 2. The first-order chi connectivity index (χ1) is 20.1. The number of aromatic nitrogens is 2. The summed E-state index contributed by atoms with van der Waals surface area (Å²) in [5.41, 5.74) is 2.01. The van der Waals surface area contributed by atoms with Gasteiger partial charge in [0.05, 0.1) is 32.9 Å². The fraction of sp³-hybridized carbons (Fsp3) is 0.545. The van der Waals surface area contributed by atoms with Crippen LogP contribution in [0.2, 0.25) is 0 Å². The first-order valence-corrected chi connectivity index (χ1v) is 15.0. The largest absolute Gasteiger partial charge is 0.497 e. The summed E-state index contributed by atoms with van der Waals surface area (Å²) >= 11 is 0. The van der Waals surface area contributed by atoms with E-state index >= 15 is 0 Å². The van der Waals surface area contributed by atoms with E-state index < -0.39 is 5.60 Å². The molecular weight excluding hydrogens is 532 g/mol. The van der Waals surface area contributed by atoms with Gasteiger partial charge in [-0.1, -0.05) is 25.7 Å². The van der Waals surface area contributed by atoms with E-state index in [9.17, 15) is 4.79 Å². The van der Waals surface area contributed by atoms with Crippen LogP contribution >= 0.6 is 0 Å². The Balaban J connectivity index is 1.41. The molecule has 3 atom stereocenters. The molecule has 9 heteroatoms. The number of hydrogen-bond acceptors (Lipinski definition) is 8. The molecule has 2 saturated carbocycles. The lowest BCUT2D eigenvalue weighted by atomic mass is 9.75. The van der Waals surface area contributed by atoms with E-state index in [1.807, 2.05) is 57.3 Å². The Morgan fingerprint density at radius 1 is 0.857 bits per heavy atom. The van der Waals surface area contributed by atoms with Gasteiger partial charge in [0.15, 0.2) is 0 Å². The molecule has 0 spiro atoms. The fourth-order valence-corrected chi connectivity index (χ4v) is 6.50. The highest BCUT2D eigenvalue weighted by Gasteiger charge is 2.37. The summed E-state index contributed by atoms with van der Waals surface area (Å²) in [6.45, 7) is 5.64. The molecule has 2 aliphatic carbocycles. The molecule has 9 nitrogen and oxygen atoms in total. The number of amides is 1. The maximum absolute atomic E-state index is 12.7. The Labute approximate surface area is 248 Å². The van der Waals surface area contributed by atoms with Gasteiger partial charge in [-0.2, -0.15) is 0 Å². The zero-order valence-corrected chi connectivity index (χ0v) is 25.7. The molecular formula is C33H44N4O5. The zero-order valence-electron chi connectivity index (χ0n) is 25.7. The second-order valence-electron chi connectivity index (χ2n) is 12.5. The number of alkyl carbamates (subject to hydrolysis) is 1. The minimum atomic E-state index is -0.552. The van der Waals surface area contributed by atoms with Gasteiger partial charge in [0.25, 0.3) is 0 Å². The van der Waals surface area contributed by atoms with E-state index in [4.69, 9.17) is 28.9 Å². The first kappa shape index (κ1) is 29.7. The third kappa shape index (κ3) is 6.99. The molecule has 1 amide bonds. The molecule has 5 rings (SSSR count). The summed E-state index contributed by atoms with van der Waals surface area (Å²) in [5, 5.41) is 7.61. The number of nitrogens with zero attached hydrogens (tertiary/aromatic N) is 2. The van der Waals surface area contributed by atoms with Crippen molar-refractivity contribution in [3.05, 3.63) is 36.5 Å². The molecule has 2 N–H and O–H groups in total. The van der Waals surface area contributed by atoms with E-state index in [0.29, 0.717) is 29.1 Å². The van der Waals surface area contributed by atoms with Crippen molar-refractivity contribution >= 4 is 22.9 Å². The van der Waals surface area contributed by atoms with Gasteiger partial charge in [-0.25, -0.2) is 14.8 Å². The Bertz CT molecular complexity index is 1380. The summed E-state index contributed by atoms with van der Waals surface area (Å²) < 4.78 is 22.3. The van der Waals surface area contributed by atoms with Crippen LogP contribution in [0.3, 0.4) is 0 Å². The van der Waals surface area contributed by atoms with Crippen molar-refractivity contribution in [2.45, 2.75) is 83.4 Å². The van der Waals surface area contributed by atoms with Crippen LogP contribution in [0, 0.1) is 11.8 Å². The molecule has 2 aliphatic rings. The van der Waals surface area contributed by atoms with Crippen molar-refractivity contribution < 1.29 is 23.7 Å². The highest BCUT2D eigenvalue weighted by molar-refractivity contribution is 5.89. The summed E-state index contributed by atoms with van der Waals surface area (Å²) in [5.74, 6) is 4.00. The first-order valence-electron chi connectivity index (χ1n) is 15.0. The molecule has 0 aliphatic heterocycles. The van der Waals surface area contributed by atoms with Gasteiger partial charge < -0.3 is 29.6 Å². The number of anilines is 1. The van der Waals surface area contributed by atoms with Crippen LogP contribution in [0.15, 0.2) is 36.5 Å². The van der Waals surface area contributed by atoms with Crippen molar-refractivity contribution in [2.24, 2.45) is 11.8 Å². The van der Waals surface area contributed by atoms with Crippen molar-refractivity contribution in [3.63, 3.8) is 0 Å². The number of methoxy groups -OCH3 is 3. The van der Waals surface area contributed by atoms with Crippen molar-refractivity contribution in [1.29, 1.82) is 0 Å². The highest BCUT2D eigenvalue weighted by atomic mass is 16.6. The van der Waals surface area contributed by atoms with Crippen molar-refractivity contribution in [1.82, 2.24) is 15.3 Å². The fourth-order valence-electron chi connectivity index (χ4n) is 6.50. The van der Waals surface area contributed by atoms with E-state index in [-0.39, 0.29) is 18.2 Å². The Kier molecular flexibility index (Phi) is 8.94. The van der Waals surface area contributed by atoms with Gasteiger partial charge in [0, 0.05) is 35.3 Å². The van der Waals surface area contributed by atoms with Gasteiger partial charge in [0.2, 0.25) is 5.95 Å². The molecule has 0 radical (unpaired) electrons. The van der Waals surface area contributed by atoms with Gasteiger partial charge in [0.1, 0.15) is 22.8 Å². The summed E-state index contributed by atoms with van der Waals surface area (Å²) in [7, 11) is 4.92. The monoisotopic (exact) mass is 576 g/mol. The van der Waals surface area contributed by atoms with Crippen molar-refractivity contribution in [3.8, 4) is 28.4 Å². The highest BCUT2D eigenvalue weighted by Crippen LogP contribution is 2.41. The normalized spacial score (nSPS) is 21.1. The zero-order chi connectivity index (χ0) is 29.9. The summed E-state index contributed by atoms with van der Waals surface area (Å²) in [6.07, 6.45) is 9.65. The molecule has 3 aromatic rings. The second-order valence-corrected chi connectivity index (χ2v) is 12.5. The maximum Gasteiger partial charge on any atom is 0.407 e. The Hall–Kier alpha value is -3.75. The summed E-state index contributed by atoms with van der Waals surface area (Å²) in [4.78, 5) is 22.3. The van der Waals surface area contributed by atoms with Crippen LogP contribution in [0.1, 0.15) is 65.7 Å². The third-order valence-electron chi connectivity index (χ3n) is 8.54.